The third-order valence-electron chi connectivity index (χ3n) is 5.46. The number of carbonyl (C=O) groups excluding carboxylic acids is 2. The molecule has 28 heavy (non-hydrogen) atoms. The molecule has 0 saturated carbocycles. The Labute approximate surface area is 169 Å². The molecule has 2 amide bonds. The fraction of sp³-hybridized carbons (Fsp3) is 0.333. The van der Waals surface area contributed by atoms with Crippen molar-refractivity contribution >= 4 is 29.1 Å². The number of nitrogens with zero attached hydrogens (tertiary/aromatic N) is 2. The number of hydrogen-bond donors (Lipinski definition) is 2. The molecule has 4 rings (SSSR count). The summed E-state index contributed by atoms with van der Waals surface area (Å²) < 4.78 is 0. The zero-order chi connectivity index (χ0) is 19.7. The minimum Gasteiger partial charge on any atom is -0.352 e. The predicted octanol–water partition coefficient (Wildman–Crippen LogP) is 2.05. The van der Waals surface area contributed by atoms with Gasteiger partial charge in [0.2, 0.25) is 11.8 Å². The van der Waals surface area contributed by atoms with Gasteiger partial charge in [-0.3, -0.25) is 9.59 Å². The lowest BCUT2D eigenvalue weighted by molar-refractivity contribution is -0.129. The summed E-state index contributed by atoms with van der Waals surface area (Å²) in [6.45, 7) is 1.60. The van der Waals surface area contributed by atoms with E-state index < -0.39 is 0 Å². The summed E-state index contributed by atoms with van der Waals surface area (Å²) in [5, 5.41) is 5.21. The van der Waals surface area contributed by atoms with Crippen LogP contribution in [0.25, 0.3) is 0 Å². The molecule has 3 atom stereocenters. The van der Waals surface area contributed by atoms with Crippen molar-refractivity contribution in [1.82, 2.24) is 15.6 Å². The van der Waals surface area contributed by atoms with Crippen LogP contribution in [0.3, 0.4) is 0 Å². The SMILES string of the molecule is CN1CC(C(=O)NCc2ccccc2Cl)C2NN(c3ccccc3)C(=O)C2C1. The lowest BCUT2D eigenvalue weighted by atomic mass is 9.84. The van der Waals surface area contributed by atoms with Crippen LogP contribution in [0.5, 0.6) is 0 Å². The molecule has 0 aromatic heterocycles. The van der Waals surface area contributed by atoms with E-state index in [2.05, 4.69) is 15.6 Å². The number of para-hydroxylation sites is 1. The second-order valence-electron chi connectivity index (χ2n) is 7.41. The van der Waals surface area contributed by atoms with Crippen LogP contribution in [0.2, 0.25) is 5.02 Å². The van der Waals surface area contributed by atoms with Gasteiger partial charge in [0.15, 0.2) is 0 Å². The fourth-order valence-electron chi connectivity index (χ4n) is 4.02. The second-order valence-corrected chi connectivity index (χ2v) is 7.81. The van der Waals surface area contributed by atoms with Crippen molar-refractivity contribution in [3.8, 4) is 0 Å². The number of anilines is 1. The monoisotopic (exact) mass is 398 g/mol. The molecule has 0 aliphatic carbocycles. The first-order valence-electron chi connectivity index (χ1n) is 9.39. The van der Waals surface area contributed by atoms with Crippen molar-refractivity contribution in [2.45, 2.75) is 12.6 Å². The standard InChI is InChI=1S/C21H23ClN4O2/c1-25-12-16(20(27)23-11-14-7-5-6-10-18(14)22)19-17(13-25)21(28)26(24-19)15-8-3-2-4-9-15/h2-10,16-17,19,24H,11-13H2,1H3,(H,23,27). The Bertz CT molecular complexity index is 876. The summed E-state index contributed by atoms with van der Waals surface area (Å²) >= 11 is 6.19. The first kappa shape index (κ1) is 18.9. The summed E-state index contributed by atoms with van der Waals surface area (Å²) in [6.07, 6.45) is 0. The molecular formula is C21H23ClN4O2. The van der Waals surface area contributed by atoms with Gasteiger partial charge in [-0.25, -0.2) is 10.4 Å². The van der Waals surface area contributed by atoms with Crippen molar-refractivity contribution in [1.29, 1.82) is 0 Å². The Hall–Kier alpha value is -2.41. The number of benzene rings is 2. The Morgan fingerprint density at radius 1 is 1.14 bits per heavy atom. The average Bonchev–Trinajstić information content (AvgIpc) is 3.04. The molecule has 2 N–H and O–H groups in total. The maximum absolute atomic E-state index is 13.0. The summed E-state index contributed by atoms with van der Waals surface area (Å²) in [4.78, 5) is 28.0. The minimum absolute atomic E-state index is 0.00616. The molecule has 2 fully saturated rings. The quantitative estimate of drug-likeness (QED) is 0.827. The van der Waals surface area contributed by atoms with E-state index in [9.17, 15) is 9.59 Å². The van der Waals surface area contributed by atoms with Crippen LogP contribution in [-0.4, -0.2) is 42.9 Å². The molecule has 0 spiro atoms. The number of rotatable bonds is 4. The number of amides is 2. The van der Waals surface area contributed by atoms with Gasteiger partial charge in [0.25, 0.3) is 0 Å². The number of piperidine rings is 1. The van der Waals surface area contributed by atoms with Gasteiger partial charge >= 0.3 is 0 Å². The predicted molar refractivity (Wildman–Crippen MR) is 109 cm³/mol. The van der Waals surface area contributed by atoms with Crippen LogP contribution in [0, 0.1) is 11.8 Å². The Morgan fingerprint density at radius 3 is 2.61 bits per heavy atom. The van der Waals surface area contributed by atoms with Gasteiger partial charge in [-0.1, -0.05) is 48.0 Å². The van der Waals surface area contributed by atoms with Crippen LogP contribution in [-0.2, 0) is 16.1 Å². The molecule has 2 aliphatic rings. The minimum atomic E-state index is -0.330. The van der Waals surface area contributed by atoms with Gasteiger partial charge in [0.05, 0.1) is 23.6 Å². The van der Waals surface area contributed by atoms with Crippen molar-refractivity contribution in [2.75, 3.05) is 25.1 Å². The van der Waals surface area contributed by atoms with Crippen molar-refractivity contribution < 1.29 is 9.59 Å². The number of nitrogens with one attached hydrogen (secondary N) is 2. The Balaban J connectivity index is 1.50. The highest BCUT2D eigenvalue weighted by Crippen LogP contribution is 2.31. The zero-order valence-corrected chi connectivity index (χ0v) is 16.4. The van der Waals surface area contributed by atoms with E-state index in [-0.39, 0.29) is 29.7 Å². The highest BCUT2D eigenvalue weighted by Gasteiger charge is 2.50. The fourth-order valence-corrected chi connectivity index (χ4v) is 4.23. The smallest absolute Gasteiger partial charge is 0.247 e. The average molecular weight is 399 g/mol. The number of halogens is 1. The molecule has 7 heteroatoms. The van der Waals surface area contributed by atoms with Gasteiger partial charge in [-0.15, -0.1) is 0 Å². The molecule has 2 aliphatic heterocycles. The summed E-state index contributed by atoms with van der Waals surface area (Å²) in [6, 6.07) is 16.7. The highest BCUT2D eigenvalue weighted by molar-refractivity contribution is 6.31. The number of hydrazine groups is 1. The van der Waals surface area contributed by atoms with Gasteiger partial charge in [-0.2, -0.15) is 0 Å². The van der Waals surface area contributed by atoms with Crippen LogP contribution in [0.15, 0.2) is 54.6 Å². The number of likely N-dealkylation sites (tertiary alicyclic amines) is 1. The molecule has 3 unspecified atom stereocenters. The molecule has 0 radical (unpaired) electrons. The van der Waals surface area contributed by atoms with E-state index >= 15 is 0 Å². The molecule has 2 heterocycles. The van der Waals surface area contributed by atoms with Crippen molar-refractivity contribution in [3.63, 3.8) is 0 Å². The molecular weight excluding hydrogens is 376 g/mol. The Morgan fingerprint density at radius 2 is 1.86 bits per heavy atom. The highest BCUT2D eigenvalue weighted by atomic mass is 35.5. The zero-order valence-electron chi connectivity index (χ0n) is 15.6. The molecule has 146 valence electrons. The van der Waals surface area contributed by atoms with Crippen molar-refractivity contribution in [3.05, 3.63) is 65.2 Å². The number of carbonyl (C=O) groups is 2. The van der Waals surface area contributed by atoms with E-state index in [1.54, 1.807) is 5.01 Å². The van der Waals surface area contributed by atoms with E-state index in [1.807, 2.05) is 61.6 Å². The van der Waals surface area contributed by atoms with Gasteiger partial charge < -0.3 is 10.2 Å². The Kier molecular flexibility index (Phi) is 5.35. The van der Waals surface area contributed by atoms with E-state index in [4.69, 9.17) is 11.6 Å². The van der Waals surface area contributed by atoms with E-state index in [0.717, 1.165) is 11.3 Å². The lowest BCUT2D eigenvalue weighted by Crippen LogP contribution is -2.56. The largest absolute Gasteiger partial charge is 0.352 e. The molecule has 6 nitrogen and oxygen atoms in total. The first-order chi connectivity index (χ1) is 13.5. The van der Waals surface area contributed by atoms with Gasteiger partial charge in [-0.05, 0) is 30.8 Å². The second kappa shape index (κ2) is 7.91. The maximum atomic E-state index is 13.0. The number of fused-ring (bicyclic) bond motifs is 1. The van der Waals surface area contributed by atoms with E-state index in [0.29, 0.717) is 24.7 Å². The van der Waals surface area contributed by atoms with Crippen molar-refractivity contribution in [2.24, 2.45) is 11.8 Å². The maximum Gasteiger partial charge on any atom is 0.247 e. The van der Waals surface area contributed by atoms with Gasteiger partial charge in [0, 0.05) is 24.7 Å². The topological polar surface area (TPSA) is 64.7 Å². The van der Waals surface area contributed by atoms with Crippen LogP contribution in [0.4, 0.5) is 5.69 Å². The molecule has 2 saturated heterocycles. The third kappa shape index (κ3) is 3.63. The van der Waals surface area contributed by atoms with Crippen LogP contribution >= 0.6 is 11.6 Å². The molecule has 2 aromatic rings. The molecule has 2 aromatic carbocycles. The van der Waals surface area contributed by atoms with Crippen LogP contribution in [0.1, 0.15) is 5.56 Å². The first-order valence-corrected chi connectivity index (χ1v) is 9.77. The summed E-state index contributed by atoms with van der Waals surface area (Å²) in [5.41, 5.74) is 4.96. The van der Waals surface area contributed by atoms with E-state index in [1.165, 1.54) is 0 Å². The normalized spacial score (nSPS) is 24.9. The summed E-state index contributed by atoms with van der Waals surface area (Å²) in [7, 11) is 1.95. The number of hydrogen-bond acceptors (Lipinski definition) is 4. The van der Waals surface area contributed by atoms with Crippen LogP contribution < -0.4 is 15.8 Å². The third-order valence-corrected chi connectivity index (χ3v) is 5.83. The lowest BCUT2D eigenvalue weighted by Gasteiger charge is -2.36. The molecule has 0 bridgehead atoms. The summed E-state index contributed by atoms with van der Waals surface area (Å²) in [5.74, 6) is -0.651. The van der Waals surface area contributed by atoms with Gasteiger partial charge in [0.1, 0.15) is 0 Å².